The first-order valence-electron chi connectivity index (χ1n) is 9.74. The number of halogens is 1. The number of aromatic nitrogens is 2. The molecule has 0 spiro atoms. The summed E-state index contributed by atoms with van der Waals surface area (Å²) in [4.78, 5) is 48.0. The maximum atomic E-state index is 15.0. The lowest BCUT2D eigenvalue weighted by Crippen LogP contribution is -2.44. The number of alkyl halides is 1. The van der Waals surface area contributed by atoms with Crippen LogP contribution in [0.5, 0.6) is 0 Å². The Morgan fingerprint density at radius 2 is 1.87 bits per heavy atom. The topological polar surface area (TPSA) is 146 Å². The first-order chi connectivity index (χ1) is 14.4. The molecule has 31 heavy (non-hydrogen) atoms. The summed E-state index contributed by atoms with van der Waals surface area (Å²) in [6.07, 6.45) is -4.78. The zero-order valence-electron chi connectivity index (χ0n) is 17.7. The molecule has 174 valence electrons. The smallest absolute Gasteiger partial charge is 0.335 e. The average Bonchev–Trinajstić information content (AvgIpc) is 2.90. The molecule has 0 saturated carbocycles. The van der Waals surface area contributed by atoms with E-state index in [1.165, 1.54) is 13.8 Å². The van der Waals surface area contributed by atoms with Gasteiger partial charge in [0.1, 0.15) is 12.2 Å². The van der Waals surface area contributed by atoms with Crippen LogP contribution < -0.4 is 11.2 Å². The molecule has 0 aromatic carbocycles. The van der Waals surface area contributed by atoms with Crippen LogP contribution >= 0.6 is 0 Å². The Kier molecular flexibility index (Phi) is 7.73. The van der Waals surface area contributed by atoms with Crippen molar-refractivity contribution in [2.24, 2.45) is 11.8 Å². The van der Waals surface area contributed by atoms with E-state index < -0.39 is 66.7 Å². The van der Waals surface area contributed by atoms with Gasteiger partial charge in [-0.2, -0.15) is 0 Å². The lowest BCUT2D eigenvalue weighted by molar-refractivity contribution is -0.218. The van der Waals surface area contributed by atoms with E-state index in [2.05, 4.69) is 0 Å². The third-order valence-electron chi connectivity index (χ3n) is 4.56. The molecule has 1 aliphatic rings. The minimum absolute atomic E-state index is 0.00245. The summed E-state index contributed by atoms with van der Waals surface area (Å²) in [5, 5.41) is 20.3. The standard InChI is InChI=1S/C19H27FN2O9/c1-10(2)7-13(24)30-9-22-12(23)5-6-21(18(22)28)16-14(25)15(26)19(20,31-16)8-29-17(27)11(3)4/h5-6,10-11,14-16,25-26H,7-9H2,1-4H3/t14-,15+,16-,19-/m1/s1. The zero-order valence-corrected chi connectivity index (χ0v) is 17.7. The van der Waals surface area contributed by atoms with Crippen LogP contribution in [0.2, 0.25) is 0 Å². The Hall–Kier alpha value is -2.57. The number of carbonyl (C=O) groups is 2. The zero-order chi connectivity index (χ0) is 23.5. The highest BCUT2D eigenvalue weighted by Crippen LogP contribution is 2.38. The number of nitrogens with zero attached hydrogens (tertiary/aromatic N) is 2. The predicted molar refractivity (Wildman–Crippen MR) is 102 cm³/mol. The van der Waals surface area contributed by atoms with Gasteiger partial charge in [0, 0.05) is 18.7 Å². The Labute approximate surface area is 176 Å². The van der Waals surface area contributed by atoms with Crippen LogP contribution in [-0.2, 0) is 30.5 Å². The average molecular weight is 446 g/mol. The van der Waals surface area contributed by atoms with E-state index in [4.69, 9.17) is 14.2 Å². The molecule has 0 bridgehead atoms. The molecule has 12 heteroatoms. The second-order valence-electron chi connectivity index (χ2n) is 8.01. The van der Waals surface area contributed by atoms with E-state index in [-0.39, 0.29) is 12.3 Å². The number of aliphatic hydroxyl groups is 2. The van der Waals surface area contributed by atoms with Gasteiger partial charge in [-0.05, 0) is 5.92 Å². The highest BCUT2D eigenvalue weighted by molar-refractivity contribution is 5.71. The lowest BCUT2D eigenvalue weighted by atomic mass is 10.1. The Morgan fingerprint density at radius 1 is 1.23 bits per heavy atom. The number of esters is 2. The van der Waals surface area contributed by atoms with Crippen molar-refractivity contribution in [3.05, 3.63) is 33.1 Å². The molecule has 11 nitrogen and oxygen atoms in total. The maximum absolute atomic E-state index is 15.0. The predicted octanol–water partition coefficient (Wildman–Crippen LogP) is -0.328. The molecule has 1 aromatic rings. The molecular formula is C19H27FN2O9. The third kappa shape index (κ3) is 5.57. The van der Waals surface area contributed by atoms with Crippen LogP contribution in [0.1, 0.15) is 40.3 Å². The van der Waals surface area contributed by atoms with Crippen LogP contribution in [0.25, 0.3) is 0 Å². The summed E-state index contributed by atoms with van der Waals surface area (Å²) in [6.45, 7) is 4.91. The van der Waals surface area contributed by atoms with Gasteiger partial charge in [0.15, 0.2) is 19.6 Å². The number of aliphatic hydroxyl groups excluding tert-OH is 2. The first kappa shape index (κ1) is 24.7. The third-order valence-corrected chi connectivity index (χ3v) is 4.56. The minimum atomic E-state index is -2.99. The summed E-state index contributed by atoms with van der Waals surface area (Å²) < 4.78 is 31.0. The normalized spacial score (nSPS) is 25.8. The van der Waals surface area contributed by atoms with Crippen molar-refractivity contribution >= 4 is 11.9 Å². The molecule has 4 atom stereocenters. The van der Waals surface area contributed by atoms with E-state index in [1.54, 1.807) is 13.8 Å². The van der Waals surface area contributed by atoms with Gasteiger partial charge < -0.3 is 24.4 Å². The minimum Gasteiger partial charge on any atom is -0.459 e. The van der Waals surface area contributed by atoms with Gasteiger partial charge in [-0.3, -0.25) is 19.0 Å². The van der Waals surface area contributed by atoms with Crippen LogP contribution in [0, 0.1) is 11.8 Å². The summed E-state index contributed by atoms with van der Waals surface area (Å²) in [5.74, 6) is -4.92. The second-order valence-corrected chi connectivity index (χ2v) is 8.01. The number of hydrogen-bond donors (Lipinski definition) is 2. The molecule has 0 radical (unpaired) electrons. The highest BCUT2D eigenvalue weighted by atomic mass is 19.2. The van der Waals surface area contributed by atoms with Crippen molar-refractivity contribution in [2.75, 3.05) is 6.61 Å². The molecule has 1 fully saturated rings. The summed E-state index contributed by atoms with van der Waals surface area (Å²) in [6, 6.07) is 0.928. The van der Waals surface area contributed by atoms with Crippen molar-refractivity contribution in [3.63, 3.8) is 0 Å². The molecular weight excluding hydrogens is 419 g/mol. The summed E-state index contributed by atoms with van der Waals surface area (Å²) in [5.41, 5.74) is -1.87. The number of carbonyl (C=O) groups excluding carboxylic acids is 2. The molecule has 2 rings (SSSR count). The molecule has 0 amide bonds. The van der Waals surface area contributed by atoms with Crippen LogP contribution in [0.15, 0.2) is 21.9 Å². The molecule has 0 unspecified atom stereocenters. The van der Waals surface area contributed by atoms with Gasteiger partial charge in [-0.15, -0.1) is 0 Å². The van der Waals surface area contributed by atoms with Gasteiger partial charge in [-0.25, -0.2) is 13.8 Å². The first-order valence-corrected chi connectivity index (χ1v) is 9.74. The molecule has 1 aromatic heterocycles. The van der Waals surface area contributed by atoms with Gasteiger partial charge in [0.2, 0.25) is 0 Å². The number of rotatable bonds is 8. The van der Waals surface area contributed by atoms with Gasteiger partial charge in [-0.1, -0.05) is 27.7 Å². The van der Waals surface area contributed by atoms with Crippen LogP contribution in [0.3, 0.4) is 0 Å². The van der Waals surface area contributed by atoms with Crippen LogP contribution in [-0.4, -0.2) is 56.0 Å². The van der Waals surface area contributed by atoms with Crippen molar-refractivity contribution in [3.8, 4) is 0 Å². The van der Waals surface area contributed by atoms with Crippen LogP contribution in [0.4, 0.5) is 4.39 Å². The molecule has 0 aliphatic carbocycles. The Bertz CT molecular complexity index is 926. The summed E-state index contributed by atoms with van der Waals surface area (Å²) in [7, 11) is 0. The second kappa shape index (κ2) is 9.71. The monoisotopic (exact) mass is 446 g/mol. The van der Waals surface area contributed by atoms with Crippen molar-refractivity contribution in [2.45, 2.75) is 65.1 Å². The van der Waals surface area contributed by atoms with E-state index in [9.17, 15) is 29.4 Å². The number of hydrogen-bond acceptors (Lipinski definition) is 9. The van der Waals surface area contributed by atoms with E-state index in [1.807, 2.05) is 0 Å². The van der Waals surface area contributed by atoms with Gasteiger partial charge in [0.25, 0.3) is 11.4 Å². The lowest BCUT2D eigenvalue weighted by Gasteiger charge is -2.23. The molecule has 2 heterocycles. The Balaban J connectivity index is 2.24. The molecule has 1 aliphatic heterocycles. The van der Waals surface area contributed by atoms with Crippen molar-refractivity contribution in [1.82, 2.24) is 9.13 Å². The van der Waals surface area contributed by atoms with Crippen molar-refractivity contribution in [1.29, 1.82) is 0 Å². The quantitative estimate of drug-likeness (QED) is 0.513. The van der Waals surface area contributed by atoms with E-state index >= 15 is 4.39 Å². The Morgan fingerprint density at radius 3 is 2.45 bits per heavy atom. The highest BCUT2D eigenvalue weighted by Gasteiger charge is 2.57. The number of ether oxygens (including phenoxy) is 3. The fourth-order valence-corrected chi connectivity index (χ4v) is 2.80. The summed E-state index contributed by atoms with van der Waals surface area (Å²) >= 11 is 0. The molecule has 1 saturated heterocycles. The molecule has 2 N–H and O–H groups in total. The van der Waals surface area contributed by atoms with E-state index in [0.29, 0.717) is 9.13 Å². The fourth-order valence-electron chi connectivity index (χ4n) is 2.80. The maximum Gasteiger partial charge on any atom is 0.335 e. The largest absolute Gasteiger partial charge is 0.459 e. The SMILES string of the molecule is CC(C)CC(=O)OCn1c(=O)ccn([C@@H]2O[C@](F)(COC(=O)C(C)C)[C@@H](O)[C@H]2O)c1=O. The van der Waals surface area contributed by atoms with Crippen molar-refractivity contribution < 1.29 is 38.4 Å². The van der Waals surface area contributed by atoms with Gasteiger partial charge >= 0.3 is 17.6 Å². The van der Waals surface area contributed by atoms with E-state index in [0.717, 1.165) is 12.3 Å². The fraction of sp³-hybridized carbons (Fsp3) is 0.684. The van der Waals surface area contributed by atoms with Gasteiger partial charge in [0.05, 0.1) is 5.92 Å².